The minimum atomic E-state index is -2.86. The van der Waals surface area contributed by atoms with Gasteiger partial charge in [0.15, 0.2) is 9.84 Å². The van der Waals surface area contributed by atoms with Crippen LogP contribution in [-0.2, 0) is 16.4 Å². The third-order valence-corrected chi connectivity index (χ3v) is 8.07. The Bertz CT molecular complexity index is 778. The van der Waals surface area contributed by atoms with Crippen LogP contribution in [0.4, 0.5) is 0 Å². The first kappa shape index (κ1) is 18.9. The van der Waals surface area contributed by atoms with Gasteiger partial charge >= 0.3 is 0 Å². The van der Waals surface area contributed by atoms with Gasteiger partial charge < -0.3 is 10.2 Å². The third kappa shape index (κ3) is 4.36. The van der Waals surface area contributed by atoms with Crippen LogP contribution in [0.5, 0.6) is 0 Å². The van der Waals surface area contributed by atoms with Crippen LogP contribution >= 0.6 is 0 Å². The summed E-state index contributed by atoms with van der Waals surface area (Å²) >= 11 is 0. The molecule has 0 bridgehead atoms. The van der Waals surface area contributed by atoms with E-state index in [0.717, 1.165) is 50.1 Å². The molecule has 4 rings (SSSR count). The van der Waals surface area contributed by atoms with E-state index < -0.39 is 9.84 Å². The quantitative estimate of drug-likeness (QED) is 0.837. The molecule has 0 radical (unpaired) electrons. The van der Waals surface area contributed by atoms with Crippen molar-refractivity contribution in [2.45, 2.75) is 25.8 Å². The molecule has 0 saturated carbocycles. The molecule has 3 heterocycles. The second-order valence-corrected chi connectivity index (χ2v) is 10.7. The third-order valence-electron chi connectivity index (χ3n) is 6.46. The van der Waals surface area contributed by atoms with Gasteiger partial charge in [0.05, 0.1) is 11.5 Å². The Hall–Kier alpha value is -1.44. The maximum atomic E-state index is 12.9. The number of sulfone groups is 1. The molecular weight excluding hydrogens is 362 g/mol. The highest BCUT2D eigenvalue weighted by molar-refractivity contribution is 7.91. The number of benzene rings is 1. The lowest BCUT2D eigenvalue weighted by Crippen LogP contribution is -2.44. The maximum Gasteiger partial charge on any atom is 0.253 e. The minimum Gasteiger partial charge on any atom is -0.339 e. The number of likely N-dealkylation sites (tertiary alicyclic amines) is 1. The number of carbonyl (C=O) groups excluding carboxylic acids is 1. The van der Waals surface area contributed by atoms with Gasteiger partial charge in [0, 0.05) is 44.8 Å². The van der Waals surface area contributed by atoms with Gasteiger partial charge in [-0.05, 0) is 48.9 Å². The first-order chi connectivity index (χ1) is 12.9. The van der Waals surface area contributed by atoms with E-state index in [1.54, 1.807) is 0 Å². The zero-order valence-corrected chi connectivity index (χ0v) is 16.6. The Balaban J connectivity index is 1.36. The predicted octanol–water partition coefficient (Wildman–Crippen LogP) is 1.13. The first-order valence-corrected chi connectivity index (χ1v) is 11.8. The Kier molecular flexibility index (Phi) is 5.27. The van der Waals surface area contributed by atoms with E-state index in [4.69, 9.17) is 0 Å². The lowest BCUT2D eigenvalue weighted by Gasteiger charge is -2.39. The normalized spacial score (nSPS) is 25.0. The molecule has 3 aliphatic rings. The van der Waals surface area contributed by atoms with Crippen molar-refractivity contribution in [2.75, 3.05) is 50.8 Å². The highest BCUT2D eigenvalue weighted by Gasteiger charge is 2.38. The molecule has 3 aliphatic heterocycles. The van der Waals surface area contributed by atoms with Crippen LogP contribution in [0.2, 0.25) is 0 Å². The summed E-state index contributed by atoms with van der Waals surface area (Å²) in [6, 6.07) is 7.84. The Labute approximate surface area is 161 Å². The Morgan fingerprint density at radius 2 is 1.81 bits per heavy atom. The second-order valence-electron chi connectivity index (χ2n) is 8.35. The van der Waals surface area contributed by atoms with Crippen LogP contribution in [0.25, 0.3) is 0 Å². The SMILES string of the molecule is O=C(c1cccc(CN2CCS(=O)(=O)CC2)c1)N1CCC2(CCNC2)CC1. The summed E-state index contributed by atoms with van der Waals surface area (Å²) in [5.74, 6) is 0.588. The number of nitrogens with one attached hydrogen (secondary N) is 1. The van der Waals surface area contributed by atoms with Crippen molar-refractivity contribution < 1.29 is 13.2 Å². The Morgan fingerprint density at radius 3 is 2.48 bits per heavy atom. The lowest BCUT2D eigenvalue weighted by atomic mass is 9.78. The molecule has 148 valence electrons. The molecule has 7 heteroatoms. The van der Waals surface area contributed by atoms with E-state index in [1.165, 1.54) is 6.42 Å². The standard InChI is InChI=1S/C20H29N3O3S/c24-19(23-8-5-20(6-9-23)4-7-21-16-20)18-3-1-2-17(14-18)15-22-10-12-27(25,26)13-11-22/h1-3,14,21H,4-13,15-16H2. The van der Waals surface area contributed by atoms with Crippen LogP contribution < -0.4 is 5.32 Å². The van der Waals surface area contributed by atoms with Gasteiger partial charge in [-0.25, -0.2) is 8.42 Å². The van der Waals surface area contributed by atoms with E-state index in [2.05, 4.69) is 10.2 Å². The average Bonchev–Trinajstić information content (AvgIpc) is 3.12. The van der Waals surface area contributed by atoms with Crippen molar-refractivity contribution in [3.63, 3.8) is 0 Å². The molecule has 3 saturated heterocycles. The molecule has 6 nitrogen and oxygen atoms in total. The first-order valence-electron chi connectivity index (χ1n) is 9.97. The molecule has 1 spiro atoms. The molecule has 0 aromatic heterocycles. The number of carbonyl (C=O) groups is 1. The average molecular weight is 392 g/mol. The zero-order valence-electron chi connectivity index (χ0n) is 15.8. The molecule has 27 heavy (non-hydrogen) atoms. The van der Waals surface area contributed by atoms with Crippen molar-refractivity contribution in [1.82, 2.24) is 15.1 Å². The van der Waals surface area contributed by atoms with Gasteiger partial charge in [-0.2, -0.15) is 0 Å². The summed E-state index contributed by atoms with van der Waals surface area (Å²) in [5, 5.41) is 3.46. The molecule has 1 N–H and O–H groups in total. The second kappa shape index (κ2) is 7.53. The number of hydrogen-bond acceptors (Lipinski definition) is 5. The lowest BCUT2D eigenvalue weighted by molar-refractivity contribution is 0.0607. The van der Waals surface area contributed by atoms with E-state index in [-0.39, 0.29) is 17.4 Å². The monoisotopic (exact) mass is 391 g/mol. The summed E-state index contributed by atoms with van der Waals surface area (Å²) in [6.45, 7) is 5.73. The molecule has 1 aromatic rings. The number of amides is 1. The number of hydrogen-bond donors (Lipinski definition) is 1. The number of nitrogens with zero attached hydrogens (tertiary/aromatic N) is 2. The van der Waals surface area contributed by atoms with Crippen molar-refractivity contribution in [3.8, 4) is 0 Å². The molecule has 0 aliphatic carbocycles. The fourth-order valence-corrected chi connectivity index (χ4v) is 5.84. The summed E-state index contributed by atoms with van der Waals surface area (Å²) in [7, 11) is -2.86. The van der Waals surface area contributed by atoms with Crippen molar-refractivity contribution in [3.05, 3.63) is 35.4 Å². The minimum absolute atomic E-state index is 0.124. The summed E-state index contributed by atoms with van der Waals surface area (Å²) < 4.78 is 23.2. The van der Waals surface area contributed by atoms with Gasteiger partial charge in [0.25, 0.3) is 5.91 Å². The topological polar surface area (TPSA) is 69.7 Å². The summed E-state index contributed by atoms with van der Waals surface area (Å²) in [4.78, 5) is 17.1. The maximum absolute atomic E-state index is 12.9. The van der Waals surface area contributed by atoms with E-state index in [0.29, 0.717) is 25.0 Å². The van der Waals surface area contributed by atoms with Crippen molar-refractivity contribution >= 4 is 15.7 Å². The van der Waals surface area contributed by atoms with E-state index >= 15 is 0 Å². The zero-order chi connectivity index (χ0) is 18.9. The van der Waals surface area contributed by atoms with Gasteiger partial charge in [-0.1, -0.05) is 12.1 Å². The van der Waals surface area contributed by atoms with Crippen LogP contribution in [0.15, 0.2) is 24.3 Å². The van der Waals surface area contributed by atoms with Crippen molar-refractivity contribution in [2.24, 2.45) is 5.41 Å². The van der Waals surface area contributed by atoms with E-state index in [9.17, 15) is 13.2 Å². The van der Waals surface area contributed by atoms with Crippen molar-refractivity contribution in [1.29, 1.82) is 0 Å². The van der Waals surface area contributed by atoms with Gasteiger partial charge in [-0.3, -0.25) is 9.69 Å². The molecule has 0 atom stereocenters. The largest absolute Gasteiger partial charge is 0.339 e. The van der Waals surface area contributed by atoms with E-state index in [1.807, 2.05) is 29.2 Å². The summed E-state index contributed by atoms with van der Waals surface area (Å²) in [5.41, 5.74) is 2.24. The summed E-state index contributed by atoms with van der Waals surface area (Å²) in [6.07, 6.45) is 3.41. The van der Waals surface area contributed by atoms with Crippen LogP contribution in [0.3, 0.4) is 0 Å². The highest BCUT2D eigenvalue weighted by atomic mass is 32.2. The highest BCUT2D eigenvalue weighted by Crippen LogP contribution is 2.37. The van der Waals surface area contributed by atoms with Gasteiger partial charge in [0.2, 0.25) is 0 Å². The predicted molar refractivity (Wildman–Crippen MR) is 105 cm³/mol. The molecular formula is C20H29N3O3S. The molecule has 1 aromatic carbocycles. The van der Waals surface area contributed by atoms with Crippen LogP contribution in [0, 0.1) is 5.41 Å². The van der Waals surface area contributed by atoms with Gasteiger partial charge in [0.1, 0.15) is 0 Å². The molecule has 1 amide bonds. The fraction of sp³-hybridized carbons (Fsp3) is 0.650. The van der Waals surface area contributed by atoms with Crippen LogP contribution in [0.1, 0.15) is 35.2 Å². The number of rotatable bonds is 3. The Morgan fingerprint density at radius 1 is 1.07 bits per heavy atom. The van der Waals surface area contributed by atoms with Crippen LogP contribution in [-0.4, -0.2) is 74.9 Å². The number of piperidine rings is 1. The smallest absolute Gasteiger partial charge is 0.253 e. The molecule has 0 unspecified atom stereocenters. The fourth-order valence-electron chi connectivity index (χ4n) is 4.56. The van der Waals surface area contributed by atoms with Gasteiger partial charge in [-0.15, -0.1) is 0 Å². The molecule has 3 fully saturated rings.